The van der Waals surface area contributed by atoms with E-state index in [2.05, 4.69) is 0 Å². The molecule has 0 saturated carbocycles. The predicted molar refractivity (Wildman–Crippen MR) is 29.0 cm³/mol. The fraction of sp³-hybridized carbons (Fsp3) is 0.500. The molecule has 0 atom stereocenters. The summed E-state index contributed by atoms with van der Waals surface area (Å²) < 4.78 is 8.55. The van der Waals surface area contributed by atoms with Crippen molar-refractivity contribution in [3.8, 4) is 0 Å². The number of carbonyl (C=O) groups excluding carboxylic acids is 2. The Morgan fingerprint density at radius 2 is 1.08 bits per heavy atom. The molecule has 0 spiro atoms. The molecule has 0 aliphatic rings. The quantitative estimate of drug-likeness (QED) is 0.238. The third-order valence-electron chi connectivity index (χ3n) is 0.496. The Labute approximate surface area is 91.5 Å². The monoisotopic (exact) mass is 204 g/mol. The molecule has 0 aromatic rings. The summed E-state index contributed by atoms with van der Waals surface area (Å²) in [5, 5.41) is 0. The zero-order valence-corrected chi connectivity index (χ0v) is 9.79. The van der Waals surface area contributed by atoms with E-state index < -0.39 is 7.82 Å². The van der Waals surface area contributed by atoms with Crippen LogP contribution in [0.4, 0.5) is 0 Å². The van der Waals surface area contributed by atoms with E-state index in [0.29, 0.717) is 0 Å². The Balaban J connectivity index is -0.000000126. The van der Waals surface area contributed by atoms with Gasteiger partial charge in [-0.2, -0.15) is 7.82 Å². The van der Waals surface area contributed by atoms with Crippen LogP contribution in [0.3, 0.4) is 0 Å². The first kappa shape index (κ1) is 18.3. The van der Waals surface area contributed by atoms with E-state index >= 15 is 0 Å². The third kappa shape index (κ3) is 47.1. The van der Waals surface area contributed by atoms with Crippen LogP contribution in [0, 0.1) is 0 Å². The Morgan fingerprint density at radius 3 is 1.08 bits per heavy atom. The molecule has 0 amide bonds. The molecule has 8 heteroatoms. The van der Waals surface area contributed by atoms with E-state index in [-0.39, 0.29) is 41.1 Å². The minimum absolute atomic E-state index is 0. The van der Waals surface area contributed by atoms with Gasteiger partial charge in [0.15, 0.2) is 11.6 Å². The molecule has 0 N–H and O–H groups in total. The van der Waals surface area contributed by atoms with Gasteiger partial charge in [0.05, 0.1) is 0 Å². The number of rotatable bonds is 1. The van der Waals surface area contributed by atoms with Crippen LogP contribution < -0.4 is 44.2 Å². The minimum atomic E-state index is -5.39. The van der Waals surface area contributed by atoms with Gasteiger partial charge in [-0.1, -0.05) is 0 Å². The molecular formula is C4H6NaO6P-2. The van der Waals surface area contributed by atoms with Crippen molar-refractivity contribution in [1.29, 1.82) is 0 Å². The molecule has 0 aromatic heterocycles. The summed E-state index contributed by atoms with van der Waals surface area (Å²) in [5.74, 6) is -0.759. The number of phosphoric acid groups is 1. The van der Waals surface area contributed by atoms with E-state index in [1.54, 1.807) is 0 Å². The summed E-state index contributed by atoms with van der Waals surface area (Å²) in [4.78, 5) is 45.2. The smallest absolute Gasteiger partial charge is 0.822 e. The van der Waals surface area contributed by atoms with Crippen LogP contribution in [-0.2, 0) is 14.2 Å². The topological polar surface area (TPSA) is 120 Å². The number of carbonyl (C=O) groups is 2. The van der Waals surface area contributed by atoms with E-state index in [0.717, 1.165) is 0 Å². The molecule has 0 rings (SSSR count). The molecule has 0 saturated heterocycles. The average Bonchev–Trinajstić information content (AvgIpc) is 1.59. The molecule has 0 unspecified atom stereocenters. The van der Waals surface area contributed by atoms with Gasteiger partial charge in [-0.25, -0.2) is 0 Å². The van der Waals surface area contributed by atoms with Gasteiger partial charge in [0.1, 0.15) is 0 Å². The standard InChI is InChI=1S/C4H6O2.Na.H3O4P/c1-3(5)4(2)6;;1-5(2,3)4/h1-2H3;;(H3,1,2,3,4)/q;+1;/p-3. The first-order valence-corrected chi connectivity index (χ1v) is 3.85. The van der Waals surface area contributed by atoms with Gasteiger partial charge in [0.2, 0.25) is 0 Å². The first-order valence-electron chi connectivity index (χ1n) is 2.39. The molecule has 0 heterocycles. The molecular weight excluding hydrogens is 198 g/mol. The van der Waals surface area contributed by atoms with Gasteiger partial charge in [-0.15, -0.1) is 0 Å². The van der Waals surface area contributed by atoms with Crippen LogP contribution in [0.1, 0.15) is 13.8 Å². The summed E-state index contributed by atoms with van der Waals surface area (Å²) in [5.41, 5.74) is 0. The second-order valence-corrected chi connectivity index (χ2v) is 2.45. The van der Waals surface area contributed by atoms with Crippen LogP contribution in [0.5, 0.6) is 0 Å². The SMILES string of the molecule is CC(=O)C(C)=O.O=P([O-])([O-])[O-].[Na+]. The second-order valence-electron chi connectivity index (χ2n) is 1.56. The fourth-order valence-electron chi connectivity index (χ4n) is 0. The van der Waals surface area contributed by atoms with Crippen molar-refractivity contribution in [3.63, 3.8) is 0 Å². The maximum Gasteiger partial charge on any atom is 1.00 e. The van der Waals surface area contributed by atoms with Crippen molar-refractivity contribution < 1.29 is 58.4 Å². The molecule has 0 aromatic carbocycles. The van der Waals surface area contributed by atoms with Gasteiger partial charge in [0.25, 0.3) is 0 Å². The van der Waals surface area contributed by atoms with E-state index in [9.17, 15) is 9.59 Å². The summed E-state index contributed by atoms with van der Waals surface area (Å²) in [6, 6.07) is 0. The Morgan fingerprint density at radius 1 is 1.00 bits per heavy atom. The second kappa shape index (κ2) is 8.07. The molecule has 0 fully saturated rings. The van der Waals surface area contributed by atoms with E-state index in [4.69, 9.17) is 19.2 Å². The van der Waals surface area contributed by atoms with Crippen molar-refractivity contribution in [3.05, 3.63) is 0 Å². The van der Waals surface area contributed by atoms with Crippen LogP contribution in [0.15, 0.2) is 0 Å². The van der Waals surface area contributed by atoms with Crippen molar-refractivity contribution in [2.75, 3.05) is 0 Å². The molecule has 66 valence electrons. The predicted octanol–water partition coefficient (Wildman–Crippen LogP) is -5.66. The Bertz CT molecular complexity index is 175. The molecule has 12 heavy (non-hydrogen) atoms. The van der Waals surface area contributed by atoms with E-state index in [1.165, 1.54) is 13.8 Å². The zero-order chi connectivity index (χ0) is 9.65. The number of ketones is 2. The average molecular weight is 204 g/mol. The molecule has 0 aliphatic heterocycles. The van der Waals surface area contributed by atoms with Crippen LogP contribution in [0.2, 0.25) is 0 Å². The summed E-state index contributed by atoms with van der Waals surface area (Å²) >= 11 is 0. The maximum absolute atomic E-state index is 9.79. The van der Waals surface area contributed by atoms with Crippen molar-refractivity contribution in [2.45, 2.75) is 13.8 Å². The van der Waals surface area contributed by atoms with E-state index in [1.807, 2.05) is 0 Å². The van der Waals surface area contributed by atoms with Crippen molar-refractivity contribution in [1.82, 2.24) is 0 Å². The number of hydrogen-bond acceptors (Lipinski definition) is 6. The number of hydrogen-bond donors (Lipinski definition) is 0. The zero-order valence-electron chi connectivity index (χ0n) is 6.90. The van der Waals surface area contributed by atoms with Crippen LogP contribution in [-0.4, -0.2) is 11.6 Å². The Kier molecular flexibility index (Phi) is 12.3. The Hall–Kier alpha value is 0.450. The largest absolute Gasteiger partial charge is 1.00 e. The van der Waals surface area contributed by atoms with Gasteiger partial charge >= 0.3 is 29.6 Å². The van der Waals surface area contributed by atoms with Crippen molar-refractivity contribution >= 4 is 19.4 Å². The first-order chi connectivity index (χ1) is 4.64. The van der Waals surface area contributed by atoms with Gasteiger partial charge < -0.3 is 19.2 Å². The maximum atomic E-state index is 9.79. The number of Topliss-reactive ketones (excluding diaryl/α,β-unsaturated/α-hetero) is 2. The molecule has 0 bridgehead atoms. The molecule has 6 nitrogen and oxygen atoms in total. The summed E-state index contributed by atoms with van der Waals surface area (Å²) in [6.45, 7) is 2.50. The molecule has 0 aliphatic carbocycles. The fourth-order valence-corrected chi connectivity index (χ4v) is 0. The summed E-state index contributed by atoms with van der Waals surface area (Å²) in [7, 11) is -5.39. The van der Waals surface area contributed by atoms with Crippen LogP contribution in [0.25, 0.3) is 0 Å². The normalized spacial score (nSPS) is 8.75. The van der Waals surface area contributed by atoms with Crippen molar-refractivity contribution in [2.24, 2.45) is 0 Å². The van der Waals surface area contributed by atoms with Crippen LogP contribution >= 0.6 is 7.82 Å². The van der Waals surface area contributed by atoms with Gasteiger partial charge in [-0.05, 0) is 0 Å². The minimum Gasteiger partial charge on any atom is -0.822 e. The van der Waals surface area contributed by atoms with Gasteiger partial charge in [-0.3, -0.25) is 9.59 Å². The molecule has 0 radical (unpaired) electrons. The van der Waals surface area contributed by atoms with Gasteiger partial charge in [0, 0.05) is 13.8 Å². The third-order valence-corrected chi connectivity index (χ3v) is 0.496. The summed E-state index contributed by atoms with van der Waals surface area (Å²) in [6.07, 6.45) is 0.